The molecule has 2 aromatic rings. The van der Waals surface area contributed by atoms with Crippen LogP contribution in [-0.4, -0.2) is 11.1 Å². The molecule has 0 bridgehead atoms. The van der Waals surface area contributed by atoms with E-state index in [1.165, 1.54) is 6.07 Å². The van der Waals surface area contributed by atoms with E-state index >= 15 is 0 Å². The third-order valence-electron chi connectivity index (χ3n) is 2.91. The Morgan fingerprint density at radius 1 is 1.25 bits per heavy atom. The fourth-order valence-electron chi connectivity index (χ4n) is 2.10. The van der Waals surface area contributed by atoms with E-state index in [1.807, 2.05) is 0 Å². The minimum Gasteiger partial charge on any atom is -0.335 e. The average molecular weight is 307 g/mol. The number of nitrogens with two attached hydrogens (primary N) is 1. The highest BCUT2D eigenvalue weighted by Crippen LogP contribution is 2.30. The zero-order valence-electron chi connectivity index (χ0n) is 10.7. The molecular formula is C13H14ClF3N2O. The molecule has 2 rings (SSSR count). The number of rotatable bonds is 2. The molecule has 3 nitrogen and oxygen atoms in total. The third-order valence-corrected chi connectivity index (χ3v) is 2.91. The smallest absolute Gasteiger partial charge is 0.335 e. The molecule has 0 spiro atoms. The van der Waals surface area contributed by atoms with Gasteiger partial charge >= 0.3 is 6.18 Å². The lowest BCUT2D eigenvalue weighted by molar-refractivity contribution is -0.143. The zero-order chi connectivity index (χ0) is 14.2. The van der Waals surface area contributed by atoms with Crippen LogP contribution in [0.3, 0.4) is 0 Å². The van der Waals surface area contributed by atoms with Gasteiger partial charge in [0.2, 0.25) is 0 Å². The number of nitrogens with zero attached hydrogens (tertiary/aromatic N) is 1. The first-order valence-corrected chi connectivity index (χ1v) is 5.76. The standard InChI is InChI=1S/C13H13F3N2O.ClH/c1-8-2-3-10-9(6-8)11(19)7-12(13(14,15)16)18(10)5-4-17;/h2-3,6-7H,4-5,17H2,1H3;1H. The van der Waals surface area contributed by atoms with Crippen LogP contribution in [0, 0.1) is 6.92 Å². The Hall–Kier alpha value is -1.53. The van der Waals surface area contributed by atoms with E-state index in [0.717, 1.165) is 10.1 Å². The minimum atomic E-state index is -4.58. The van der Waals surface area contributed by atoms with Crippen LogP contribution in [0.5, 0.6) is 0 Å². The Morgan fingerprint density at radius 3 is 2.45 bits per heavy atom. The van der Waals surface area contributed by atoms with Gasteiger partial charge in [-0.25, -0.2) is 0 Å². The van der Waals surface area contributed by atoms with Gasteiger partial charge in [-0.15, -0.1) is 12.4 Å². The topological polar surface area (TPSA) is 48.0 Å². The van der Waals surface area contributed by atoms with E-state index in [2.05, 4.69) is 0 Å². The Bertz CT molecular complexity index is 680. The average Bonchev–Trinajstić information content (AvgIpc) is 2.31. The molecule has 0 aliphatic rings. The van der Waals surface area contributed by atoms with Crippen molar-refractivity contribution in [2.45, 2.75) is 19.6 Å². The zero-order valence-corrected chi connectivity index (χ0v) is 11.5. The maximum absolute atomic E-state index is 13.0. The highest BCUT2D eigenvalue weighted by molar-refractivity contribution is 5.85. The maximum atomic E-state index is 13.0. The molecule has 0 saturated heterocycles. The van der Waals surface area contributed by atoms with Gasteiger partial charge in [0, 0.05) is 24.5 Å². The van der Waals surface area contributed by atoms with Gasteiger partial charge in [-0.3, -0.25) is 4.79 Å². The highest BCUT2D eigenvalue weighted by Gasteiger charge is 2.34. The number of pyridine rings is 1. The summed E-state index contributed by atoms with van der Waals surface area (Å²) in [5, 5.41) is 0.279. The van der Waals surface area contributed by atoms with E-state index < -0.39 is 17.3 Å². The Morgan fingerprint density at radius 2 is 1.90 bits per heavy atom. The van der Waals surface area contributed by atoms with Crippen LogP contribution in [0.4, 0.5) is 13.2 Å². The second-order valence-electron chi connectivity index (χ2n) is 4.35. The van der Waals surface area contributed by atoms with E-state index in [0.29, 0.717) is 6.07 Å². The van der Waals surface area contributed by atoms with E-state index in [1.54, 1.807) is 19.1 Å². The van der Waals surface area contributed by atoms with Crippen LogP contribution in [0.15, 0.2) is 29.1 Å². The summed E-state index contributed by atoms with van der Waals surface area (Å²) in [4.78, 5) is 11.8. The number of aryl methyl sites for hydroxylation is 1. The van der Waals surface area contributed by atoms with Crippen molar-refractivity contribution in [1.82, 2.24) is 4.57 Å². The van der Waals surface area contributed by atoms with Crippen molar-refractivity contribution >= 4 is 23.3 Å². The first-order valence-electron chi connectivity index (χ1n) is 5.76. The summed E-state index contributed by atoms with van der Waals surface area (Å²) in [7, 11) is 0. The molecule has 0 aliphatic heterocycles. The van der Waals surface area contributed by atoms with Gasteiger partial charge in [0.25, 0.3) is 0 Å². The van der Waals surface area contributed by atoms with Gasteiger partial charge in [-0.2, -0.15) is 13.2 Å². The van der Waals surface area contributed by atoms with Crippen molar-refractivity contribution < 1.29 is 13.2 Å². The molecule has 0 aliphatic carbocycles. The Kier molecular flexibility index (Phi) is 4.83. The van der Waals surface area contributed by atoms with Crippen molar-refractivity contribution in [1.29, 1.82) is 0 Å². The third kappa shape index (κ3) is 2.96. The minimum absolute atomic E-state index is 0. The van der Waals surface area contributed by atoms with Crippen molar-refractivity contribution in [3.05, 3.63) is 45.7 Å². The molecule has 0 fully saturated rings. The molecule has 1 aromatic heterocycles. The molecule has 0 saturated carbocycles. The van der Waals surface area contributed by atoms with Crippen LogP contribution < -0.4 is 11.2 Å². The highest BCUT2D eigenvalue weighted by atomic mass is 35.5. The van der Waals surface area contributed by atoms with Gasteiger partial charge in [-0.05, 0) is 19.1 Å². The largest absolute Gasteiger partial charge is 0.431 e. The number of aromatic nitrogens is 1. The van der Waals surface area contributed by atoms with Crippen molar-refractivity contribution in [3.63, 3.8) is 0 Å². The van der Waals surface area contributed by atoms with Gasteiger partial charge in [0.15, 0.2) is 5.43 Å². The van der Waals surface area contributed by atoms with Gasteiger partial charge < -0.3 is 10.3 Å². The van der Waals surface area contributed by atoms with Crippen molar-refractivity contribution in [2.75, 3.05) is 6.54 Å². The summed E-state index contributed by atoms with van der Waals surface area (Å²) in [5.41, 5.74) is 4.86. The molecule has 1 aromatic carbocycles. The number of alkyl halides is 3. The fourth-order valence-corrected chi connectivity index (χ4v) is 2.10. The van der Waals surface area contributed by atoms with Crippen molar-refractivity contribution in [2.24, 2.45) is 5.73 Å². The van der Waals surface area contributed by atoms with E-state index in [9.17, 15) is 18.0 Å². The predicted molar refractivity (Wildman–Crippen MR) is 74.2 cm³/mol. The summed E-state index contributed by atoms with van der Waals surface area (Å²) in [6.07, 6.45) is -4.58. The Balaban J connectivity index is 0.00000200. The first-order chi connectivity index (χ1) is 8.84. The van der Waals surface area contributed by atoms with Gasteiger partial charge in [0.1, 0.15) is 5.69 Å². The molecule has 20 heavy (non-hydrogen) atoms. The quantitative estimate of drug-likeness (QED) is 0.927. The summed E-state index contributed by atoms with van der Waals surface area (Å²) >= 11 is 0. The number of halogens is 4. The van der Waals surface area contributed by atoms with Crippen LogP contribution in [0.25, 0.3) is 10.9 Å². The second-order valence-corrected chi connectivity index (χ2v) is 4.35. The molecule has 2 N–H and O–H groups in total. The normalized spacial score (nSPS) is 11.4. The molecule has 0 atom stereocenters. The maximum Gasteiger partial charge on any atom is 0.431 e. The SMILES string of the molecule is Cc1ccc2c(c1)c(=O)cc(C(F)(F)F)n2CCN.Cl. The monoisotopic (exact) mass is 306 g/mol. The number of hydrogen-bond donors (Lipinski definition) is 1. The summed E-state index contributed by atoms with van der Waals surface area (Å²) < 4.78 is 39.9. The summed E-state index contributed by atoms with van der Waals surface area (Å²) in [6, 6.07) is 5.42. The summed E-state index contributed by atoms with van der Waals surface area (Å²) in [6.45, 7) is 1.85. The van der Waals surface area contributed by atoms with Gasteiger partial charge in [0.05, 0.1) is 5.52 Å². The molecule has 0 radical (unpaired) electrons. The van der Waals surface area contributed by atoms with Crippen LogP contribution in [-0.2, 0) is 12.7 Å². The lowest BCUT2D eigenvalue weighted by atomic mass is 10.1. The van der Waals surface area contributed by atoms with Crippen LogP contribution in [0.1, 0.15) is 11.3 Å². The molecule has 0 unspecified atom stereocenters. The summed E-state index contributed by atoms with van der Waals surface area (Å²) in [5.74, 6) is 0. The predicted octanol–water partition coefficient (Wildman–Crippen LogP) is 2.71. The van der Waals surface area contributed by atoms with E-state index in [4.69, 9.17) is 5.73 Å². The second kappa shape index (κ2) is 5.85. The number of hydrogen-bond acceptors (Lipinski definition) is 2. The molecule has 110 valence electrons. The number of fused-ring (bicyclic) bond motifs is 1. The van der Waals surface area contributed by atoms with E-state index in [-0.39, 0.29) is 36.4 Å². The van der Waals surface area contributed by atoms with Crippen molar-refractivity contribution in [3.8, 4) is 0 Å². The number of benzene rings is 1. The lowest BCUT2D eigenvalue weighted by Crippen LogP contribution is -2.24. The molecular weight excluding hydrogens is 293 g/mol. The Labute approximate surface area is 119 Å². The fraction of sp³-hybridized carbons (Fsp3) is 0.308. The van der Waals surface area contributed by atoms with Crippen LogP contribution >= 0.6 is 12.4 Å². The molecule has 1 heterocycles. The lowest BCUT2D eigenvalue weighted by Gasteiger charge is -2.18. The van der Waals surface area contributed by atoms with Gasteiger partial charge in [-0.1, -0.05) is 11.6 Å². The first kappa shape index (κ1) is 16.5. The molecule has 0 amide bonds. The molecule has 7 heteroatoms. The van der Waals surface area contributed by atoms with Crippen LogP contribution in [0.2, 0.25) is 0 Å².